The van der Waals surface area contributed by atoms with E-state index in [1.54, 1.807) is 30.3 Å². The number of fused-ring (bicyclic) bond motifs is 1. The Balaban J connectivity index is 1.86. The molecule has 0 radical (unpaired) electrons. The van der Waals surface area contributed by atoms with E-state index in [4.69, 9.17) is 20.8 Å². The molecular weight excluding hydrogens is 308 g/mol. The Morgan fingerprint density at radius 3 is 2.82 bits per heavy atom. The van der Waals surface area contributed by atoms with E-state index in [1.807, 2.05) is 0 Å². The number of carbonyl (C=O) groups is 1. The van der Waals surface area contributed by atoms with Crippen molar-refractivity contribution in [2.45, 2.75) is 0 Å². The molecule has 0 atom stereocenters. The molecule has 0 fully saturated rings. The second-order valence-electron chi connectivity index (χ2n) is 4.53. The van der Waals surface area contributed by atoms with Crippen LogP contribution in [-0.4, -0.2) is 18.0 Å². The van der Waals surface area contributed by atoms with Gasteiger partial charge < -0.3 is 14.5 Å². The average Bonchev–Trinajstić information content (AvgIpc) is 2.86. The van der Waals surface area contributed by atoms with Crippen molar-refractivity contribution in [2.24, 2.45) is 0 Å². The Kier molecular flexibility index (Phi) is 3.60. The molecule has 1 aromatic heterocycles. The number of halogens is 1. The minimum absolute atomic E-state index is 0.324. The van der Waals surface area contributed by atoms with Gasteiger partial charge in [-0.2, -0.15) is 0 Å². The lowest BCUT2D eigenvalue weighted by atomic mass is 10.2. The third-order valence-corrected chi connectivity index (χ3v) is 3.39. The fraction of sp³-hybridized carbons (Fsp3) is 0.0667. The number of anilines is 1. The molecule has 0 aliphatic rings. The van der Waals surface area contributed by atoms with Crippen molar-refractivity contribution in [1.82, 2.24) is 4.98 Å². The first-order chi connectivity index (χ1) is 10.6. The lowest BCUT2D eigenvalue weighted by Crippen LogP contribution is -2.11. The molecule has 2 aromatic carbocycles. The van der Waals surface area contributed by atoms with Crippen molar-refractivity contribution in [3.05, 3.63) is 57.5 Å². The molecule has 7 heteroatoms. The highest BCUT2D eigenvalue weighted by molar-refractivity contribution is 6.32. The van der Waals surface area contributed by atoms with Crippen LogP contribution in [0.4, 0.5) is 5.69 Å². The van der Waals surface area contributed by atoms with Gasteiger partial charge in [-0.15, -0.1) is 0 Å². The molecule has 0 spiro atoms. The Morgan fingerprint density at radius 2 is 2.09 bits per heavy atom. The summed E-state index contributed by atoms with van der Waals surface area (Å²) in [5.41, 5.74) is 1.76. The van der Waals surface area contributed by atoms with Crippen LogP contribution in [0, 0.1) is 0 Å². The number of H-pyrrole nitrogens is 1. The van der Waals surface area contributed by atoms with Crippen molar-refractivity contribution < 1.29 is 13.9 Å². The van der Waals surface area contributed by atoms with Crippen molar-refractivity contribution in [3.8, 4) is 5.75 Å². The third-order valence-electron chi connectivity index (χ3n) is 3.09. The van der Waals surface area contributed by atoms with Crippen LogP contribution in [-0.2, 0) is 0 Å². The monoisotopic (exact) mass is 318 g/mol. The molecule has 6 nitrogen and oxygen atoms in total. The number of methoxy groups -OCH3 is 1. The summed E-state index contributed by atoms with van der Waals surface area (Å²) in [4.78, 5) is 25.8. The highest BCUT2D eigenvalue weighted by Crippen LogP contribution is 2.27. The van der Waals surface area contributed by atoms with Crippen LogP contribution in [0.1, 0.15) is 10.4 Å². The maximum atomic E-state index is 12.2. The van der Waals surface area contributed by atoms with Crippen LogP contribution < -0.4 is 15.8 Å². The molecule has 2 N–H and O–H groups in total. The molecule has 3 rings (SSSR count). The number of oxazole rings is 1. The van der Waals surface area contributed by atoms with Crippen molar-refractivity contribution in [2.75, 3.05) is 12.4 Å². The Morgan fingerprint density at radius 1 is 1.27 bits per heavy atom. The predicted molar refractivity (Wildman–Crippen MR) is 82.8 cm³/mol. The molecule has 1 heterocycles. The number of benzene rings is 2. The zero-order valence-electron chi connectivity index (χ0n) is 11.5. The van der Waals surface area contributed by atoms with Gasteiger partial charge in [0, 0.05) is 11.3 Å². The molecule has 0 aliphatic heterocycles. The van der Waals surface area contributed by atoms with Crippen LogP contribution >= 0.6 is 11.6 Å². The van der Waals surface area contributed by atoms with Gasteiger partial charge in [0.05, 0.1) is 17.6 Å². The summed E-state index contributed by atoms with van der Waals surface area (Å²) >= 11 is 6.01. The first-order valence-corrected chi connectivity index (χ1v) is 6.72. The first-order valence-electron chi connectivity index (χ1n) is 6.34. The van der Waals surface area contributed by atoms with Gasteiger partial charge in [0.1, 0.15) is 5.75 Å². The number of amides is 1. The number of aromatic amines is 1. The molecule has 0 saturated heterocycles. The number of nitrogens with one attached hydrogen (secondary N) is 2. The minimum Gasteiger partial charge on any atom is -0.495 e. The summed E-state index contributed by atoms with van der Waals surface area (Å²) in [6, 6.07) is 9.62. The second-order valence-corrected chi connectivity index (χ2v) is 4.94. The highest BCUT2D eigenvalue weighted by atomic mass is 35.5. The zero-order valence-corrected chi connectivity index (χ0v) is 12.2. The summed E-state index contributed by atoms with van der Waals surface area (Å²) in [6.07, 6.45) is 0. The maximum absolute atomic E-state index is 12.2. The van der Waals surface area contributed by atoms with Crippen LogP contribution in [0.15, 0.2) is 45.6 Å². The van der Waals surface area contributed by atoms with E-state index in [-0.39, 0.29) is 5.91 Å². The van der Waals surface area contributed by atoms with Gasteiger partial charge in [0.2, 0.25) is 0 Å². The Labute approximate surface area is 129 Å². The molecule has 1 amide bonds. The molecular formula is C15H11ClN2O4. The summed E-state index contributed by atoms with van der Waals surface area (Å²) in [5, 5.41) is 3.11. The summed E-state index contributed by atoms with van der Waals surface area (Å²) < 4.78 is 9.98. The SMILES string of the molecule is COc1ccc(NC(=O)c2ccc3[nH]c(=O)oc3c2)cc1Cl. The number of rotatable bonds is 3. The van der Waals surface area contributed by atoms with E-state index in [9.17, 15) is 9.59 Å². The lowest BCUT2D eigenvalue weighted by Gasteiger charge is -2.08. The predicted octanol–water partition coefficient (Wildman–Crippen LogP) is 3.04. The van der Waals surface area contributed by atoms with Gasteiger partial charge in [-0.1, -0.05) is 11.6 Å². The van der Waals surface area contributed by atoms with Crippen molar-refractivity contribution >= 4 is 34.3 Å². The summed E-state index contributed by atoms with van der Waals surface area (Å²) in [7, 11) is 1.51. The third kappa shape index (κ3) is 2.68. The number of aromatic nitrogens is 1. The first kappa shape index (κ1) is 14.2. The standard InChI is InChI=1S/C15H11ClN2O4/c1-21-12-5-3-9(7-10(12)16)17-14(19)8-2-4-11-13(6-8)22-15(20)18-11/h2-7H,1H3,(H,17,19)(H,18,20). The van der Waals surface area contributed by atoms with Gasteiger partial charge >= 0.3 is 5.76 Å². The van der Waals surface area contributed by atoms with Crippen LogP contribution in [0.2, 0.25) is 5.02 Å². The molecule has 0 aliphatic carbocycles. The average molecular weight is 319 g/mol. The summed E-state index contributed by atoms with van der Waals surface area (Å²) in [5.74, 6) is -0.378. The zero-order chi connectivity index (χ0) is 15.7. The molecule has 112 valence electrons. The molecule has 22 heavy (non-hydrogen) atoms. The molecule has 0 unspecified atom stereocenters. The second kappa shape index (κ2) is 5.57. The highest BCUT2D eigenvalue weighted by Gasteiger charge is 2.10. The molecule has 3 aromatic rings. The smallest absolute Gasteiger partial charge is 0.417 e. The van der Waals surface area contributed by atoms with E-state index in [0.29, 0.717) is 33.1 Å². The maximum Gasteiger partial charge on any atom is 0.417 e. The fourth-order valence-electron chi connectivity index (χ4n) is 2.03. The summed E-state index contributed by atoms with van der Waals surface area (Å²) in [6.45, 7) is 0. The van der Waals surface area contributed by atoms with Gasteiger partial charge in [-0.05, 0) is 36.4 Å². The lowest BCUT2D eigenvalue weighted by molar-refractivity contribution is 0.102. The number of hydrogen-bond acceptors (Lipinski definition) is 4. The van der Waals surface area contributed by atoms with Gasteiger partial charge in [-0.3, -0.25) is 9.78 Å². The normalized spacial score (nSPS) is 10.6. The van der Waals surface area contributed by atoms with E-state index < -0.39 is 5.76 Å². The number of ether oxygens (including phenoxy) is 1. The van der Waals surface area contributed by atoms with Crippen LogP contribution in [0.3, 0.4) is 0 Å². The van der Waals surface area contributed by atoms with E-state index in [2.05, 4.69) is 10.3 Å². The van der Waals surface area contributed by atoms with Gasteiger partial charge in [0.25, 0.3) is 5.91 Å². The minimum atomic E-state index is -0.561. The molecule has 0 bridgehead atoms. The Hall–Kier alpha value is -2.73. The quantitative estimate of drug-likeness (QED) is 0.777. The Bertz CT molecular complexity index is 913. The van der Waals surface area contributed by atoms with E-state index >= 15 is 0 Å². The number of hydrogen-bond donors (Lipinski definition) is 2. The van der Waals surface area contributed by atoms with Gasteiger partial charge in [0.15, 0.2) is 5.58 Å². The largest absolute Gasteiger partial charge is 0.495 e. The number of carbonyl (C=O) groups excluding carboxylic acids is 1. The van der Waals surface area contributed by atoms with Crippen LogP contribution in [0.25, 0.3) is 11.1 Å². The van der Waals surface area contributed by atoms with Crippen LogP contribution in [0.5, 0.6) is 5.75 Å². The topological polar surface area (TPSA) is 84.3 Å². The van der Waals surface area contributed by atoms with Crippen molar-refractivity contribution in [3.63, 3.8) is 0 Å². The fourth-order valence-corrected chi connectivity index (χ4v) is 2.29. The molecule has 0 saturated carbocycles. The van der Waals surface area contributed by atoms with Crippen molar-refractivity contribution in [1.29, 1.82) is 0 Å². The van der Waals surface area contributed by atoms with Gasteiger partial charge in [-0.25, -0.2) is 4.79 Å². The van der Waals surface area contributed by atoms with E-state index in [1.165, 1.54) is 13.2 Å². The van der Waals surface area contributed by atoms with E-state index in [0.717, 1.165) is 0 Å².